The van der Waals surface area contributed by atoms with Gasteiger partial charge >= 0.3 is 0 Å². The van der Waals surface area contributed by atoms with Gasteiger partial charge in [0.25, 0.3) is 5.56 Å². The highest BCUT2D eigenvalue weighted by Gasteiger charge is 2.08. The third kappa shape index (κ3) is 3.94. The van der Waals surface area contributed by atoms with Gasteiger partial charge in [-0.25, -0.2) is 9.98 Å². The van der Waals surface area contributed by atoms with Crippen LogP contribution in [0.3, 0.4) is 0 Å². The van der Waals surface area contributed by atoms with Gasteiger partial charge < -0.3 is 0 Å². The molecule has 0 amide bonds. The van der Waals surface area contributed by atoms with Crippen molar-refractivity contribution in [2.24, 2.45) is 12.0 Å². The van der Waals surface area contributed by atoms with E-state index in [9.17, 15) is 4.79 Å². The minimum absolute atomic E-state index is 0.116. The third-order valence-electron chi connectivity index (χ3n) is 3.52. The van der Waals surface area contributed by atoms with E-state index in [1.54, 1.807) is 31.3 Å². The lowest BCUT2D eigenvalue weighted by atomic mass is 10.2. The lowest BCUT2D eigenvalue weighted by molar-refractivity contribution is 0.833. The number of aliphatic imine (C=N–C) groups is 1. The number of hydrogen-bond acceptors (Lipinski definition) is 5. The molecule has 1 aromatic heterocycles. The molecule has 3 aromatic rings. The van der Waals surface area contributed by atoms with Crippen LogP contribution in [0.5, 0.6) is 0 Å². The lowest BCUT2D eigenvalue weighted by Gasteiger charge is -2.13. The zero-order valence-electron chi connectivity index (χ0n) is 13.7. The Morgan fingerprint density at radius 2 is 1.92 bits per heavy atom. The topological polar surface area (TPSA) is 71.3 Å². The number of thioether (sulfide) groups is 1. The summed E-state index contributed by atoms with van der Waals surface area (Å²) in [5.41, 5.74) is 7.23. The largest absolute Gasteiger partial charge is 0.280 e. The van der Waals surface area contributed by atoms with Crippen LogP contribution < -0.4 is 16.4 Å². The van der Waals surface area contributed by atoms with Crippen LogP contribution in [0.25, 0.3) is 10.9 Å². The fraction of sp³-hybridized carbons (Fsp3) is 0.118. The normalized spacial score (nSPS) is 11.6. The number of nitrogens with one attached hydrogen (secondary N) is 2. The van der Waals surface area contributed by atoms with Crippen molar-refractivity contribution in [3.05, 3.63) is 63.9 Å². The molecule has 3 rings (SSSR count). The number of amidine groups is 1. The Labute approximate surface area is 153 Å². The zero-order valence-corrected chi connectivity index (χ0v) is 15.2. The van der Waals surface area contributed by atoms with Crippen molar-refractivity contribution in [3.8, 4) is 0 Å². The minimum atomic E-state index is -0.116. The molecule has 0 atom stereocenters. The van der Waals surface area contributed by atoms with E-state index in [0.717, 1.165) is 5.69 Å². The van der Waals surface area contributed by atoms with Gasteiger partial charge in [-0.15, -0.1) is 0 Å². The van der Waals surface area contributed by atoms with E-state index < -0.39 is 0 Å². The van der Waals surface area contributed by atoms with E-state index >= 15 is 0 Å². The second-order valence-electron chi connectivity index (χ2n) is 5.16. The molecular weight excluding hydrogens is 358 g/mol. The summed E-state index contributed by atoms with van der Waals surface area (Å²) in [4.78, 5) is 21.3. The number of anilines is 1. The fourth-order valence-corrected chi connectivity index (χ4v) is 2.67. The predicted molar refractivity (Wildman–Crippen MR) is 106 cm³/mol. The Hall–Kier alpha value is -2.51. The molecule has 0 fully saturated rings. The standard InChI is InChI=1S/C17H16ClN5OS/c1-23-15(24)13-5-3-4-6-14(13)20-16(23)21-22-17(25-2)19-12-9-7-11(18)8-10-12/h3-10H,1-2H3,(H,19,22)(H,20,21). The Morgan fingerprint density at radius 3 is 2.64 bits per heavy atom. The summed E-state index contributed by atoms with van der Waals surface area (Å²) < 4.78 is 1.45. The summed E-state index contributed by atoms with van der Waals surface area (Å²) in [6.07, 6.45) is 1.90. The van der Waals surface area contributed by atoms with Crippen LogP contribution in [0.4, 0.5) is 11.6 Å². The van der Waals surface area contributed by atoms with Crippen LogP contribution in [-0.4, -0.2) is 21.0 Å². The maximum absolute atomic E-state index is 12.4. The van der Waals surface area contributed by atoms with Crippen LogP contribution in [-0.2, 0) is 7.05 Å². The number of hydrazine groups is 1. The number of halogens is 1. The summed E-state index contributed by atoms with van der Waals surface area (Å²) in [5.74, 6) is 0.404. The molecule has 1 heterocycles. The first-order valence-corrected chi connectivity index (χ1v) is 9.05. The second-order valence-corrected chi connectivity index (χ2v) is 6.40. The van der Waals surface area contributed by atoms with Crippen molar-refractivity contribution >= 4 is 51.1 Å². The molecule has 128 valence electrons. The molecule has 0 saturated carbocycles. The molecule has 6 nitrogen and oxygen atoms in total. The molecule has 0 unspecified atom stereocenters. The maximum Gasteiger partial charge on any atom is 0.262 e. The molecule has 2 aromatic carbocycles. The Morgan fingerprint density at radius 1 is 1.20 bits per heavy atom. The van der Waals surface area contributed by atoms with Crippen molar-refractivity contribution < 1.29 is 0 Å². The summed E-state index contributed by atoms with van der Waals surface area (Å²) in [6.45, 7) is 0. The Bertz CT molecular complexity index is 984. The van der Waals surface area contributed by atoms with Crippen LogP contribution in [0.2, 0.25) is 5.02 Å². The molecule has 0 spiro atoms. The highest BCUT2D eigenvalue weighted by atomic mass is 35.5. The minimum Gasteiger partial charge on any atom is -0.280 e. The highest BCUT2D eigenvalue weighted by molar-refractivity contribution is 8.13. The van der Waals surface area contributed by atoms with Crippen LogP contribution >= 0.6 is 23.4 Å². The first-order valence-electron chi connectivity index (χ1n) is 7.44. The van der Waals surface area contributed by atoms with Gasteiger partial charge in [0.15, 0.2) is 5.17 Å². The number of aromatic nitrogens is 2. The van der Waals surface area contributed by atoms with Crippen LogP contribution in [0.1, 0.15) is 0 Å². The van der Waals surface area contributed by atoms with E-state index in [2.05, 4.69) is 20.8 Å². The van der Waals surface area contributed by atoms with Crippen molar-refractivity contribution in [2.45, 2.75) is 0 Å². The van der Waals surface area contributed by atoms with Crippen molar-refractivity contribution in [1.82, 2.24) is 15.0 Å². The first-order chi connectivity index (χ1) is 12.1. The summed E-state index contributed by atoms with van der Waals surface area (Å²) in [6, 6.07) is 14.4. The summed E-state index contributed by atoms with van der Waals surface area (Å²) >= 11 is 7.31. The van der Waals surface area contributed by atoms with E-state index in [1.807, 2.05) is 30.5 Å². The van der Waals surface area contributed by atoms with Crippen molar-refractivity contribution in [1.29, 1.82) is 0 Å². The number of hydrogen-bond donors (Lipinski definition) is 2. The monoisotopic (exact) mass is 373 g/mol. The molecule has 0 aliphatic carbocycles. The lowest BCUT2D eigenvalue weighted by Crippen LogP contribution is -2.32. The average Bonchev–Trinajstić information content (AvgIpc) is 2.64. The maximum atomic E-state index is 12.4. The molecule has 0 bridgehead atoms. The van der Waals surface area contributed by atoms with Crippen LogP contribution in [0.15, 0.2) is 58.3 Å². The van der Waals surface area contributed by atoms with Gasteiger partial charge in [0, 0.05) is 12.1 Å². The summed E-state index contributed by atoms with van der Waals surface area (Å²) in [5, 5.41) is 1.87. The molecule has 0 aliphatic heterocycles. The van der Waals surface area contributed by atoms with Gasteiger partial charge in [0.1, 0.15) is 0 Å². The highest BCUT2D eigenvalue weighted by Crippen LogP contribution is 2.17. The molecule has 2 N–H and O–H groups in total. The van der Waals surface area contributed by atoms with Gasteiger partial charge in [-0.3, -0.25) is 20.2 Å². The van der Waals surface area contributed by atoms with Gasteiger partial charge in [-0.2, -0.15) is 0 Å². The third-order valence-corrected chi connectivity index (χ3v) is 4.35. The number of nitrogens with zero attached hydrogens (tertiary/aromatic N) is 3. The molecule has 0 radical (unpaired) electrons. The molecule has 8 heteroatoms. The van der Waals surface area contributed by atoms with E-state index in [0.29, 0.717) is 27.0 Å². The Kier molecular flexibility index (Phi) is 5.25. The van der Waals surface area contributed by atoms with Gasteiger partial charge in [0.05, 0.1) is 16.6 Å². The fourth-order valence-electron chi connectivity index (χ4n) is 2.20. The second kappa shape index (κ2) is 7.58. The Balaban J connectivity index is 1.84. The van der Waals surface area contributed by atoms with Gasteiger partial charge in [-0.1, -0.05) is 35.5 Å². The van der Waals surface area contributed by atoms with Gasteiger partial charge in [0.2, 0.25) is 5.95 Å². The quantitative estimate of drug-likeness (QED) is 0.417. The predicted octanol–water partition coefficient (Wildman–Crippen LogP) is 3.55. The molecule has 25 heavy (non-hydrogen) atoms. The zero-order chi connectivity index (χ0) is 17.8. The molecular formula is C17H16ClN5OS. The smallest absolute Gasteiger partial charge is 0.262 e. The van der Waals surface area contributed by atoms with Crippen molar-refractivity contribution in [3.63, 3.8) is 0 Å². The van der Waals surface area contributed by atoms with Gasteiger partial charge in [-0.05, 0) is 42.7 Å². The molecule has 0 saturated heterocycles. The van der Waals surface area contributed by atoms with E-state index in [-0.39, 0.29) is 5.56 Å². The number of benzene rings is 2. The first kappa shape index (κ1) is 17.3. The van der Waals surface area contributed by atoms with Crippen LogP contribution in [0, 0.1) is 0 Å². The average molecular weight is 374 g/mol. The number of rotatable bonds is 3. The molecule has 0 aliphatic rings. The van der Waals surface area contributed by atoms with E-state index in [1.165, 1.54) is 16.3 Å². The van der Waals surface area contributed by atoms with E-state index in [4.69, 9.17) is 11.6 Å². The van der Waals surface area contributed by atoms with Crippen molar-refractivity contribution in [2.75, 3.05) is 11.7 Å². The number of fused-ring (bicyclic) bond motifs is 1. The summed E-state index contributed by atoms with van der Waals surface area (Å²) in [7, 11) is 1.67. The SMILES string of the molecule is CSC(=Nc1ccc(Cl)cc1)NNc1nc2ccccc2c(=O)n1C. The number of para-hydroxylation sites is 1.